The first-order valence-electron chi connectivity index (χ1n) is 17.3. The number of hydrogen-bond donors (Lipinski definition) is 4. The van der Waals surface area contributed by atoms with Gasteiger partial charge >= 0.3 is 130 Å². The summed E-state index contributed by atoms with van der Waals surface area (Å²) >= 11 is 0. The molecule has 0 spiro atoms. The third kappa shape index (κ3) is 15.9. The van der Waals surface area contributed by atoms with Crippen LogP contribution in [0.4, 0.5) is 45.5 Å². The van der Waals surface area contributed by atoms with E-state index >= 15 is 0 Å². The number of aromatic hydroxyl groups is 2. The molecule has 0 amide bonds. The van der Waals surface area contributed by atoms with Crippen molar-refractivity contribution in [2.45, 2.75) is 16.2 Å². The van der Waals surface area contributed by atoms with Crippen molar-refractivity contribution in [3.63, 3.8) is 0 Å². The van der Waals surface area contributed by atoms with Crippen LogP contribution in [0.2, 0.25) is 0 Å². The predicted octanol–water partition coefficient (Wildman–Crippen LogP) is -4.28. The van der Waals surface area contributed by atoms with Gasteiger partial charge in [0.1, 0.15) is 54.5 Å². The number of nitrogens with zero attached hydrogens (tertiary/aromatic N) is 8. The zero-order chi connectivity index (χ0) is 45.6. The molecule has 0 atom stereocenters. The van der Waals surface area contributed by atoms with Crippen LogP contribution in [0.1, 0.15) is 31.8 Å². The molecule has 0 aliphatic carbocycles. The van der Waals surface area contributed by atoms with E-state index in [9.17, 15) is 66.2 Å². The van der Waals surface area contributed by atoms with Crippen molar-refractivity contribution in [2.24, 2.45) is 40.9 Å². The minimum atomic E-state index is -4.70. The van der Waals surface area contributed by atoms with Gasteiger partial charge in [0, 0.05) is 0 Å². The van der Waals surface area contributed by atoms with Crippen LogP contribution in [0.25, 0.3) is 0 Å². The van der Waals surface area contributed by atoms with Crippen molar-refractivity contribution in [1.82, 2.24) is 0 Å². The number of azo groups is 4. The summed E-state index contributed by atoms with van der Waals surface area (Å²) in [5, 5.41) is 96.2. The number of carboxylic acid groups (broad SMARTS) is 2. The van der Waals surface area contributed by atoms with Gasteiger partial charge in [0.15, 0.2) is 0 Å². The molecular weight excluding hydrogens is 961 g/mol. The molecule has 0 radical (unpaired) electrons. The number of carboxylic acids is 2. The van der Waals surface area contributed by atoms with E-state index in [1.807, 2.05) is 0 Å². The minimum Gasteiger partial charge on any atom is -0.871 e. The van der Waals surface area contributed by atoms with Gasteiger partial charge in [0.2, 0.25) is 0 Å². The molecule has 0 heterocycles. The molecule has 0 fully saturated rings. The summed E-state index contributed by atoms with van der Waals surface area (Å²) in [5.41, 5.74) is -1.30. The van der Waals surface area contributed by atoms with E-state index in [1.54, 1.807) is 0 Å². The topological polar surface area (TPSA) is 374 Å². The van der Waals surface area contributed by atoms with Crippen molar-refractivity contribution < 1.29 is 184 Å². The third-order valence-electron chi connectivity index (χ3n) is 8.43. The largest absolute Gasteiger partial charge is 1.00 e. The molecule has 0 aromatic heterocycles. The van der Waals surface area contributed by atoms with E-state index in [0.717, 1.165) is 48.5 Å². The first-order chi connectivity index (χ1) is 29.7. The summed E-state index contributed by atoms with van der Waals surface area (Å²) in [6.07, 6.45) is 0.00826. The molecule has 6 aromatic carbocycles. The van der Waals surface area contributed by atoms with Crippen LogP contribution in [0, 0.1) is 0 Å². The Morgan fingerprint density at radius 1 is 0.433 bits per heavy atom. The van der Waals surface area contributed by atoms with Gasteiger partial charge in [-0.25, -0.2) is 26.4 Å². The second-order valence-corrected chi connectivity index (χ2v) is 15.6. The van der Waals surface area contributed by atoms with E-state index in [4.69, 9.17) is 0 Å². The molecule has 28 heteroatoms. The van der Waals surface area contributed by atoms with E-state index in [0.29, 0.717) is 11.1 Å². The van der Waals surface area contributed by atoms with Crippen molar-refractivity contribution >= 4 is 77.7 Å². The van der Waals surface area contributed by atoms with Gasteiger partial charge < -0.3 is 39.7 Å². The fourth-order valence-electron chi connectivity index (χ4n) is 5.35. The summed E-state index contributed by atoms with van der Waals surface area (Å²) < 4.78 is 66.9. The average Bonchev–Trinajstić information content (AvgIpc) is 3.22. The number of phenols is 2. The quantitative estimate of drug-likeness (QED) is 0.0456. The maximum absolute atomic E-state index is 12.6. The Morgan fingerprint density at radius 3 is 1.06 bits per heavy atom. The third-order valence-corrected chi connectivity index (χ3v) is 10.1. The van der Waals surface area contributed by atoms with Gasteiger partial charge in [0.25, 0.3) is 0 Å². The molecular formula is C39H24N8Na4O14S2. The van der Waals surface area contributed by atoms with Crippen LogP contribution in [-0.2, 0) is 26.7 Å². The maximum Gasteiger partial charge on any atom is 1.00 e. The summed E-state index contributed by atoms with van der Waals surface area (Å²) in [6.45, 7) is 0. The standard InChI is InChI=1S/C39H28N8O14S2.4Na/c48-34-18-36(50)32(16-30(34)44-40-22-3-7-24(8-4-22)62(56,57)58)46-42-28-11-1-20(14-26(28)38(52)53)13-21-2-12-29(27(15-21)39(54)55)43-47-33-17-31(35(49)19-37(33)51)45-41-23-5-9-25(10-6-23)63(59,60)61;;;;/h1-12,14-19,48-51H,13H2,(H,52,53)(H,54,55)(H,56,57,58)(H,59,60,61);;;;/q;4*+1/p-4. The van der Waals surface area contributed by atoms with Crippen LogP contribution < -0.4 is 128 Å². The van der Waals surface area contributed by atoms with Gasteiger partial charge in [0.05, 0.1) is 43.7 Å². The van der Waals surface area contributed by atoms with E-state index < -0.39 is 65.0 Å². The molecule has 6 aromatic rings. The molecule has 4 N–H and O–H groups in total. The van der Waals surface area contributed by atoms with Crippen LogP contribution in [-0.4, -0.2) is 58.3 Å². The summed E-state index contributed by atoms with van der Waals surface area (Å²) in [6, 6.07) is 20.4. The Hall–Kier alpha value is -4.32. The second kappa shape index (κ2) is 25.3. The second-order valence-electron chi connectivity index (χ2n) is 12.8. The molecule has 0 aliphatic rings. The van der Waals surface area contributed by atoms with E-state index in [1.165, 1.54) is 60.7 Å². The van der Waals surface area contributed by atoms with Crippen LogP contribution in [0.15, 0.2) is 160 Å². The van der Waals surface area contributed by atoms with E-state index in [2.05, 4.69) is 40.9 Å². The smallest absolute Gasteiger partial charge is 0.871 e. The number of hydrogen-bond acceptors (Lipinski definition) is 20. The van der Waals surface area contributed by atoms with Gasteiger partial charge in [-0.2, -0.15) is 20.5 Å². The van der Waals surface area contributed by atoms with Crippen molar-refractivity contribution in [3.05, 3.63) is 131 Å². The summed E-state index contributed by atoms with van der Waals surface area (Å²) in [7, 11) is -9.40. The molecule has 0 aliphatic heterocycles. The number of rotatable bonds is 14. The predicted molar refractivity (Wildman–Crippen MR) is 210 cm³/mol. The number of benzene rings is 6. The molecule has 320 valence electrons. The SMILES string of the molecule is O=C(O)c1cc(Cc2ccc(N=Nc3cc(N=Nc4ccc(S(=O)(=O)[O-])cc4)c(O)cc3[O-])c(C(=O)O)c2)ccc1N=Nc1cc(N=Nc2ccc(S(=O)(=O)[O-])cc2)c(O)cc1[O-].[Na+].[Na+].[Na+].[Na+]. The Kier molecular flexibility index (Phi) is 22.2. The maximum atomic E-state index is 12.6. The van der Waals surface area contributed by atoms with Crippen molar-refractivity contribution in [2.75, 3.05) is 0 Å². The first kappa shape index (κ1) is 58.8. The van der Waals surface area contributed by atoms with Crippen molar-refractivity contribution in [1.29, 1.82) is 0 Å². The Labute approximate surface area is 468 Å². The molecule has 67 heavy (non-hydrogen) atoms. The minimum absolute atomic E-state index is 0. The normalized spacial score (nSPS) is 11.5. The van der Waals surface area contributed by atoms with Crippen LogP contribution >= 0.6 is 0 Å². The number of carbonyl (C=O) groups is 2. The molecule has 0 saturated carbocycles. The summed E-state index contributed by atoms with van der Waals surface area (Å²) in [5.74, 6) is -5.63. The average molecular weight is 985 g/mol. The molecule has 6 rings (SSSR count). The Balaban J connectivity index is 0.00000385. The summed E-state index contributed by atoms with van der Waals surface area (Å²) in [4.78, 5) is 23.5. The monoisotopic (exact) mass is 984 g/mol. The van der Waals surface area contributed by atoms with E-state index in [-0.39, 0.29) is 181 Å². The first-order valence-corrected chi connectivity index (χ1v) is 20.2. The fourth-order valence-corrected chi connectivity index (χ4v) is 6.29. The molecule has 0 saturated heterocycles. The molecule has 0 bridgehead atoms. The van der Waals surface area contributed by atoms with Crippen LogP contribution in [0.5, 0.6) is 23.0 Å². The zero-order valence-corrected chi connectivity index (χ0v) is 45.0. The van der Waals surface area contributed by atoms with Crippen LogP contribution in [0.3, 0.4) is 0 Å². The Morgan fingerprint density at radius 2 is 0.746 bits per heavy atom. The fraction of sp³-hybridized carbons (Fsp3) is 0.0256. The van der Waals surface area contributed by atoms with Crippen molar-refractivity contribution in [3.8, 4) is 23.0 Å². The van der Waals surface area contributed by atoms with Gasteiger partial charge in [-0.3, -0.25) is 0 Å². The molecule has 0 unspecified atom stereocenters. The Bertz CT molecular complexity index is 2950. The number of aromatic carboxylic acids is 2. The zero-order valence-electron chi connectivity index (χ0n) is 35.4. The molecule has 22 nitrogen and oxygen atoms in total. The van der Waals surface area contributed by atoms with Gasteiger partial charge in [-0.15, -0.1) is 20.5 Å². The number of phenolic OH excluding ortho intramolecular Hbond substituents is 2. The van der Waals surface area contributed by atoms with Gasteiger partial charge in [-0.05, 0) is 115 Å². The van der Waals surface area contributed by atoms with Gasteiger partial charge in [-0.1, -0.05) is 23.6 Å².